The van der Waals surface area contributed by atoms with E-state index in [1.165, 1.54) is 38.1 Å². The molecule has 7 heteroatoms. The molecule has 0 saturated heterocycles. The average molecular weight is 287 g/mol. The normalized spacial score (nSPS) is 12.7. The van der Waals surface area contributed by atoms with E-state index in [0.717, 1.165) is 0 Å². The van der Waals surface area contributed by atoms with Gasteiger partial charge in [0.1, 0.15) is 11.8 Å². The van der Waals surface area contributed by atoms with E-state index in [1.54, 1.807) is 0 Å². The second-order valence-electron chi connectivity index (χ2n) is 3.99. The van der Waals surface area contributed by atoms with Gasteiger partial charge in [0.25, 0.3) is 0 Å². The van der Waals surface area contributed by atoms with Crippen LogP contribution in [0.2, 0.25) is 0 Å². The third-order valence-electron chi connectivity index (χ3n) is 2.42. The fourth-order valence-electron chi connectivity index (χ4n) is 1.50. The highest BCUT2D eigenvalue weighted by molar-refractivity contribution is 5.79. The van der Waals surface area contributed by atoms with Crippen molar-refractivity contribution in [2.45, 2.75) is 25.8 Å². The van der Waals surface area contributed by atoms with Gasteiger partial charge in [0.15, 0.2) is 0 Å². The second kappa shape index (κ2) is 6.42. The first-order valence-electron chi connectivity index (χ1n) is 5.88. The SMILES string of the molecule is CCOC(=O)C(F)(F)[C@H](N)c1cccc(OC(C)=O)c1. The minimum Gasteiger partial charge on any atom is -0.462 e. The minimum absolute atomic E-state index is 0.0400. The zero-order chi connectivity index (χ0) is 15.3. The first-order chi connectivity index (χ1) is 9.28. The fraction of sp³-hybridized carbons (Fsp3) is 0.385. The van der Waals surface area contributed by atoms with Crippen molar-refractivity contribution in [3.63, 3.8) is 0 Å². The van der Waals surface area contributed by atoms with E-state index >= 15 is 0 Å². The monoisotopic (exact) mass is 287 g/mol. The number of rotatable bonds is 5. The van der Waals surface area contributed by atoms with Crippen molar-refractivity contribution in [2.24, 2.45) is 5.73 Å². The summed E-state index contributed by atoms with van der Waals surface area (Å²) >= 11 is 0. The Morgan fingerprint density at radius 2 is 2.05 bits per heavy atom. The molecule has 110 valence electrons. The largest absolute Gasteiger partial charge is 0.462 e. The van der Waals surface area contributed by atoms with Crippen LogP contribution in [0.1, 0.15) is 25.5 Å². The number of hydrogen-bond acceptors (Lipinski definition) is 5. The molecule has 0 aliphatic rings. The number of carbonyl (C=O) groups is 2. The third kappa shape index (κ3) is 3.74. The van der Waals surface area contributed by atoms with Crippen molar-refractivity contribution in [1.29, 1.82) is 0 Å². The molecule has 1 atom stereocenters. The Morgan fingerprint density at radius 3 is 2.60 bits per heavy atom. The molecule has 0 fully saturated rings. The first-order valence-corrected chi connectivity index (χ1v) is 5.88. The lowest BCUT2D eigenvalue weighted by Gasteiger charge is -2.22. The van der Waals surface area contributed by atoms with E-state index in [4.69, 9.17) is 10.5 Å². The molecule has 1 aromatic carbocycles. The van der Waals surface area contributed by atoms with Gasteiger partial charge in [-0.05, 0) is 24.6 Å². The molecule has 1 aromatic rings. The zero-order valence-electron chi connectivity index (χ0n) is 11.1. The Bertz CT molecular complexity index is 505. The molecule has 0 aromatic heterocycles. The van der Waals surface area contributed by atoms with E-state index in [-0.39, 0.29) is 17.9 Å². The van der Waals surface area contributed by atoms with Crippen LogP contribution in [0.25, 0.3) is 0 Å². The van der Waals surface area contributed by atoms with Gasteiger partial charge in [-0.25, -0.2) is 4.79 Å². The average Bonchev–Trinajstić information content (AvgIpc) is 2.37. The molecular weight excluding hydrogens is 272 g/mol. The van der Waals surface area contributed by atoms with Crippen molar-refractivity contribution >= 4 is 11.9 Å². The Balaban J connectivity index is 2.98. The predicted octanol–water partition coefficient (Wildman–Crippen LogP) is 1.81. The fourth-order valence-corrected chi connectivity index (χ4v) is 1.50. The van der Waals surface area contributed by atoms with Gasteiger partial charge in [-0.3, -0.25) is 4.79 Å². The summed E-state index contributed by atoms with van der Waals surface area (Å²) in [5.41, 5.74) is 5.37. The van der Waals surface area contributed by atoms with Gasteiger partial charge in [-0.15, -0.1) is 0 Å². The number of benzene rings is 1. The van der Waals surface area contributed by atoms with Crippen LogP contribution in [0.4, 0.5) is 8.78 Å². The molecule has 0 radical (unpaired) electrons. The lowest BCUT2D eigenvalue weighted by molar-refractivity contribution is -0.174. The summed E-state index contributed by atoms with van der Waals surface area (Å²) in [5, 5.41) is 0. The lowest BCUT2D eigenvalue weighted by atomic mass is 10.0. The van der Waals surface area contributed by atoms with Crippen LogP contribution in [-0.2, 0) is 14.3 Å². The van der Waals surface area contributed by atoms with Crippen LogP contribution in [0.3, 0.4) is 0 Å². The summed E-state index contributed by atoms with van der Waals surface area (Å²) in [4.78, 5) is 22.0. The van der Waals surface area contributed by atoms with Gasteiger partial charge >= 0.3 is 17.9 Å². The van der Waals surface area contributed by atoms with E-state index in [1.807, 2.05) is 0 Å². The van der Waals surface area contributed by atoms with Crippen molar-refractivity contribution < 1.29 is 27.8 Å². The molecule has 1 rings (SSSR count). The quantitative estimate of drug-likeness (QED) is 0.660. The van der Waals surface area contributed by atoms with Crippen molar-refractivity contribution in [3.05, 3.63) is 29.8 Å². The lowest BCUT2D eigenvalue weighted by Crippen LogP contribution is -2.41. The molecule has 0 amide bonds. The Kier molecular flexibility index (Phi) is 5.15. The Hall–Kier alpha value is -2.02. The summed E-state index contributed by atoms with van der Waals surface area (Å²) in [7, 11) is 0. The number of ether oxygens (including phenoxy) is 2. The number of esters is 2. The number of halogens is 2. The zero-order valence-corrected chi connectivity index (χ0v) is 11.1. The summed E-state index contributed by atoms with van der Waals surface area (Å²) in [6.07, 6.45) is 0. The molecule has 0 aliphatic carbocycles. The van der Waals surface area contributed by atoms with Gasteiger partial charge in [0.05, 0.1) is 6.61 Å². The van der Waals surface area contributed by atoms with Gasteiger partial charge in [-0.1, -0.05) is 12.1 Å². The highest BCUT2D eigenvalue weighted by Crippen LogP contribution is 2.32. The molecule has 5 nitrogen and oxygen atoms in total. The molecule has 2 N–H and O–H groups in total. The van der Waals surface area contributed by atoms with Crippen LogP contribution in [-0.4, -0.2) is 24.5 Å². The highest BCUT2D eigenvalue weighted by Gasteiger charge is 2.47. The van der Waals surface area contributed by atoms with E-state index in [9.17, 15) is 18.4 Å². The molecule has 0 aliphatic heterocycles. The molecule has 0 saturated carbocycles. The molecular formula is C13H15F2NO4. The molecule has 20 heavy (non-hydrogen) atoms. The standard InChI is InChI=1S/C13H15F2NO4/c1-3-19-12(18)13(14,15)11(16)9-5-4-6-10(7-9)20-8(2)17/h4-7,11H,3,16H2,1-2H3/t11-/m1/s1. The molecule has 0 bridgehead atoms. The number of alkyl halides is 2. The van der Waals surface area contributed by atoms with Gasteiger partial charge in [-0.2, -0.15) is 8.78 Å². The summed E-state index contributed by atoms with van der Waals surface area (Å²) in [5.74, 6) is -6.08. The van der Waals surface area contributed by atoms with E-state index in [2.05, 4.69) is 4.74 Å². The van der Waals surface area contributed by atoms with Crippen LogP contribution in [0.5, 0.6) is 5.75 Å². The molecule has 0 spiro atoms. The van der Waals surface area contributed by atoms with E-state index < -0.39 is 23.9 Å². The van der Waals surface area contributed by atoms with Gasteiger partial charge in [0.2, 0.25) is 0 Å². The first kappa shape index (κ1) is 16.0. The van der Waals surface area contributed by atoms with E-state index in [0.29, 0.717) is 0 Å². The summed E-state index contributed by atoms with van der Waals surface area (Å²) in [6.45, 7) is 2.43. The highest BCUT2D eigenvalue weighted by atomic mass is 19.3. The topological polar surface area (TPSA) is 78.6 Å². The maximum absolute atomic E-state index is 13.8. The second-order valence-corrected chi connectivity index (χ2v) is 3.99. The van der Waals surface area contributed by atoms with Crippen LogP contribution >= 0.6 is 0 Å². The van der Waals surface area contributed by atoms with Gasteiger partial charge in [0, 0.05) is 6.92 Å². The molecule has 0 heterocycles. The smallest absolute Gasteiger partial charge is 0.379 e. The Labute approximate surface area is 114 Å². The maximum atomic E-state index is 13.8. The third-order valence-corrected chi connectivity index (χ3v) is 2.42. The number of hydrogen-bond donors (Lipinski definition) is 1. The summed E-state index contributed by atoms with van der Waals surface area (Å²) in [6, 6.07) is 3.41. The van der Waals surface area contributed by atoms with Crippen LogP contribution in [0.15, 0.2) is 24.3 Å². The van der Waals surface area contributed by atoms with Crippen molar-refractivity contribution in [2.75, 3.05) is 6.61 Å². The minimum atomic E-state index is -3.87. The van der Waals surface area contributed by atoms with Crippen LogP contribution in [0, 0.1) is 0 Å². The summed E-state index contributed by atoms with van der Waals surface area (Å²) < 4.78 is 36.6. The maximum Gasteiger partial charge on any atom is 0.379 e. The Morgan fingerprint density at radius 1 is 1.40 bits per heavy atom. The van der Waals surface area contributed by atoms with Gasteiger partial charge < -0.3 is 15.2 Å². The number of nitrogens with two attached hydrogens (primary N) is 1. The van der Waals surface area contributed by atoms with Crippen molar-refractivity contribution in [1.82, 2.24) is 0 Å². The number of carbonyl (C=O) groups excluding carboxylic acids is 2. The predicted molar refractivity (Wildman–Crippen MR) is 66.3 cm³/mol. The van der Waals surface area contributed by atoms with Crippen molar-refractivity contribution in [3.8, 4) is 5.75 Å². The van der Waals surface area contributed by atoms with Crippen LogP contribution < -0.4 is 10.5 Å². The molecule has 0 unspecified atom stereocenters.